The summed E-state index contributed by atoms with van der Waals surface area (Å²) in [5, 5.41) is 4.24. The summed E-state index contributed by atoms with van der Waals surface area (Å²) >= 11 is 6.05. The second kappa shape index (κ2) is 5.61. The van der Waals surface area contributed by atoms with E-state index in [1.807, 2.05) is 18.2 Å². The minimum atomic E-state index is 0.573. The Morgan fingerprint density at radius 3 is 3.06 bits per heavy atom. The third-order valence-electron chi connectivity index (χ3n) is 3.16. The summed E-state index contributed by atoms with van der Waals surface area (Å²) in [7, 11) is 1.70. The molecule has 1 N–H and O–H groups in total. The molecule has 17 heavy (non-hydrogen) atoms. The van der Waals surface area contributed by atoms with E-state index in [-0.39, 0.29) is 0 Å². The summed E-state index contributed by atoms with van der Waals surface area (Å²) in [4.78, 5) is 2.33. The zero-order valence-electron chi connectivity index (χ0n) is 10.4. The summed E-state index contributed by atoms with van der Waals surface area (Å²) in [5.74, 6) is 0.895. The van der Waals surface area contributed by atoms with Gasteiger partial charge in [0, 0.05) is 24.2 Å². The molecule has 0 radical (unpaired) electrons. The van der Waals surface area contributed by atoms with Crippen LogP contribution in [0.4, 0.5) is 5.69 Å². The van der Waals surface area contributed by atoms with Crippen LogP contribution in [0.5, 0.6) is 5.75 Å². The van der Waals surface area contributed by atoms with Gasteiger partial charge in [0.2, 0.25) is 0 Å². The largest absolute Gasteiger partial charge is 0.495 e. The molecule has 1 atom stereocenters. The fourth-order valence-corrected chi connectivity index (χ4v) is 2.51. The van der Waals surface area contributed by atoms with Crippen LogP contribution in [-0.2, 0) is 0 Å². The average molecular weight is 255 g/mol. The van der Waals surface area contributed by atoms with Crippen LogP contribution < -0.4 is 15.0 Å². The molecule has 0 saturated carbocycles. The van der Waals surface area contributed by atoms with Gasteiger partial charge in [0.25, 0.3) is 0 Å². The van der Waals surface area contributed by atoms with Gasteiger partial charge in [-0.05, 0) is 31.2 Å². The van der Waals surface area contributed by atoms with Gasteiger partial charge in [0.15, 0.2) is 0 Å². The van der Waals surface area contributed by atoms with Gasteiger partial charge in [-0.3, -0.25) is 0 Å². The van der Waals surface area contributed by atoms with E-state index in [0.717, 1.165) is 36.1 Å². The molecule has 0 aliphatic carbocycles. The van der Waals surface area contributed by atoms with Crippen LogP contribution in [0, 0.1) is 0 Å². The van der Waals surface area contributed by atoms with Gasteiger partial charge >= 0.3 is 0 Å². The quantitative estimate of drug-likeness (QED) is 0.894. The topological polar surface area (TPSA) is 24.5 Å². The molecule has 1 aromatic carbocycles. The second-order valence-electron chi connectivity index (χ2n) is 4.31. The third kappa shape index (κ3) is 2.85. The zero-order chi connectivity index (χ0) is 12.3. The molecule has 0 bridgehead atoms. The lowest BCUT2D eigenvalue weighted by Crippen LogP contribution is -2.32. The maximum absolute atomic E-state index is 6.05. The van der Waals surface area contributed by atoms with Crippen LogP contribution in [0.15, 0.2) is 18.2 Å². The Morgan fingerprint density at radius 1 is 1.53 bits per heavy atom. The fourth-order valence-electron chi connectivity index (χ4n) is 2.34. The van der Waals surface area contributed by atoms with Crippen molar-refractivity contribution < 1.29 is 4.74 Å². The van der Waals surface area contributed by atoms with Gasteiger partial charge in [-0.25, -0.2) is 0 Å². The van der Waals surface area contributed by atoms with Crippen LogP contribution >= 0.6 is 11.6 Å². The van der Waals surface area contributed by atoms with Crippen molar-refractivity contribution in [3.63, 3.8) is 0 Å². The van der Waals surface area contributed by atoms with Crippen LogP contribution in [0.25, 0.3) is 0 Å². The van der Waals surface area contributed by atoms with Crippen LogP contribution in [0.3, 0.4) is 0 Å². The molecule has 0 spiro atoms. The lowest BCUT2D eigenvalue weighted by Gasteiger charge is -2.21. The number of hydrogen-bond donors (Lipinski definition) is 1. The Kier molecular flexibility index (Phi) is 4.13. The van der Waals surface area contributed by atoms with Crippen molar-refractivity contribution >= 4 is 17.3 Å². The minimum Gasteiger partial charge on any atom is -0.495 e. The van der Waals surface area contributed by atoms with E-state index in [1.165, 1.54) is 6.42 Å². The number of likely N-dealkylation sites (N-methyl/N-ethyl adjacent to an activating group) is 1. The number of rotatable bonds is 4. The van der Waals surface area contributed by atoms with Crippen LogP contribution in [-0.4, -0.2) is 32.8 Å². The maximum Gasteiger partial charge on any atom is 0.142 e. The molecule has 1 fully saturated rings. The Morgan fingerprint density at radius 2 is 2.35 bits per heavy atom. The fraction of sp³-hybridized carbons (Fsp3) is 0.538. The highest BCUT2D eigenvalue weighted by molar-refractivity contribution is 6.30. The van der Waals surface area contributed by atoms with E-state index in [9.17, 15) is 0 Å². The van der Waals surface area contributed by atoms with Crippen molar-refractivity contribution in [2.24, 2.45) is 0 Å². The summed E-state index contributed by atoms with van der Waals surface area (Å²) in [5.41, 5.74) is 1.10. The normalized spacial score (nSPS) is 19.7. The molecule has 1 aromatic rings. The molecule has 1 aliphatic rings. The average Bonchev–Trinajstić information content (AvgIpc) is 2.78. The van der Waals surface area contributed by atoms with Crippen LogP contribution in [0.1, 0.15) is 13.3 Å². The van der Waals surface area contributed by atoms with E-state index >= 15 is 0 Å². The molecule has 1 heterocycles. The monoisotopic (exact) mass is 254 g/mol. The van der Waals surface area contributed by atoms with Crippen LogP contribution in [0.2, 0.25) is 5.02 Å². The summed E-state index contributed by atoms with van der Waals surface area (Å²) in [6.07, 6.45) is 1.17. The van der Waals surface area contributed by atoms with Gasteiger partial charge in [-0.15, -0.1) is 0 Å². The third-order valence-corrected chi connectivity index (χ3v) is 3.40. The second-order valence-corrected chi connectivity index (χ2v) is 4.74. The van der Waals surface area contributed by atoms with E-state index in [0.29, 0.717) is 6.04 Å². The molecule has 4 heteroatoms. The highest BCUT2D eigenvalue weighted by Crippen LogP contribution is 2.33. The summed E-state index contributed by atoms with van der Waals surface area (Å²) in [6.45, 7) is 5.23. The Hall–Kier alpha value is -0.930. The van der Waals surface area contributed by atoms with Crippen molar-refractivity contribution in [2.75, 3.05) is 31.6 Å². The van der Waals surface area contributed by atoms with E-state index in [1.54, 1.807) is 7.11 Å². The van der Waals surface area contributed by atoms with Crippen molar-refractivity contribution in [2.45, 2.75) is 19.4 Å². The highest BCUT2D eigenvalue weighted by Gasteiger charge is 2.23. The molecule has 0 aromatic heterocycles. The number of hydrogen-bond acceptors (Lipinski definition) is 3. The maximum atomic E-state index is 6.05. The lowest BCUT2D eigenvalue weighted by molar-refractivity contribution is 0.415. The van der Waals surface area contributed by atoms with Crippen molar-refractivity contribution in [3.05, 3.63) is 23.2 Å². The van der Waals surface area contributed by atoms with Crippen molar-refractivity contribution in [3.8, 4) is 5.75 Å². The molecule has 1 aliphatic heterocycles. The predicted molar refractivity (Wildman–Crippen MR) is 72.3 cm³/mol. The predicted octanol–water partition coefficient (Wildman–Crippen LogP) is 2.54. The first-order valence-electron chi connectivity index (χ1n) is 6.06. The first kappa shape index (κ1) is 12.5. The SMILES string of the molecule is CCNC1CCN(c2cc(Cl)ccc2OC)C1. The number of nitrogens with zero attached hydrogens (tertiary/aromatic N) is 1. The van der Waals surface area contributed by atoms with E-state index in [4.69, 9.17) is 16.3 Å². The molecule has 2 rings (SSSR count). The Balaban J connectivity index is 2.14. The molecule has 1 unspecified atom stereocenters. The van der Waals surface area contributed by atoms with Gasteiger partial charge < -0.3 is 15.0 Å². The van der Waals surface area contributed by atoms with Crippen molar-refractivity contribution in [1.82, 2.24) is 5.32 Å². The zero-order valence-corrected chi connectivity index (χ0v) is 11.1. The number of methoxy groups -OCH3 is 1. The Labute approximate surface area is 108 Å². The van der Waals surface area contributed by atoms with E-state index in [2.05, 4.69) is 17.1 Å². The molecule has 3 nitrogen and oxygen atoms in total. The van der Waals surface area contributed by atoms with Gasteiger partial charge in [-0.1, -0.05) is 18.5 Å². The standard InChI is InChI=1S/C13H19ClN2O/c1-3-15-11-6-7-16(9-11)12-8-10(14)4-5-13(12)17-2/h4-5,8,11,15H,3,6-7,9H2,1-2H3. The van der Waals surface area contributed by atoms with E-state index < -0.39 is 0 Å². The molecular weight excluding hydrogens is 236 g/mol. The van der Waals surface area contributed by atoms with Crippen molar-refractivity contribution in [1.29, 1.82) is 0 Å². The number of ether oxygens (including phenoxy) is 1. The number of halogens is 1. The smallest absolute Gasteiger partial charge is 0.142 e. The Bertz CT molecular complexity index is 384. The molecule has 94 valence electrons. The molecule has 1 saturated heterocycles. The van der Waals surface area contributed by atoms with Gasteiger partial charge in [0.1, 0.15) is 5.75 Å². The lowest BCUT2D eigenvalue weighted by atomic mass is 10.2. The summed E-state index contributed by atoms with van der Waals surface area (Å²) in [6, 6.07) is 6.35. The summed E-state index contributed by atoms with van der Waals surface area (Å²) < 4.78 is 5.39. The van der Waals surface area contributed by atoms with Gasteiger partial charge in [-0.2, -0.15) is 0 Å². The first-order chi connectivity index (χ1) is 8.24. The molecule has 0 amide bonds. The van der Waals surface area contributed by atoms with Gasteiger partial charge in [0.05, 0.1) is 12.8 Å². The molecular formula is C13H19ClN2O. The minimum absolute atomic E-state index is 0.573. The number of nitrogens with one attached hydrogen (secondary N) is 1. The number of anilines is 1. The highest BCUT2D eigenvalue weighted by atomic mass is 35.5. The first-order valence-corrected chi connectivity index (χ1v) is 6.44. The number of benzene rings is 1.